The fourth-order valence-corrected chi connectivity index (χ4v) is 3.32. The molecule has 0 bridgehead atoms. The Kier molecular flexibility index (Phi) is 3.70. The molecule has 0 saturated carbocycles. The number of carbonyl (C=O) groups is 1. The fourth-order valence-electron chi connectivity index (χ4n) is 3.14. The first-order valence-electron chi connectivity index (χ1n) is 7.10. The number of nitrogens with two attached hydrogens (primary N) is 1. The van der Waals surface area contributed by atoms with E-state index in [9.17, 15) is 9.18 Å². The predicted octanol–water partition coefficient (Wildman–Crippen LogP) is 3.32. The molecule has 1 amide bonds. The topological polar surface area (TPSA) is 60.0 Å². The lowest BCUT2D eigenvalue weighted by atomic mass is 10.1. The first-order valence-corrected chi connectivity index (χ1v) is 7.48. The molecule has 2 aromatic rings. The van der Waals surface area contributed by atoms with E-state index >= 15 is 0 Å². The summed E-state index contributed by atoms with van der Waals surface area (Å²) in [7, 11) is 1.85. The molecule has 0 spiro atoms. The average Bonchev–Trinajstić information content (AvgIpc) is 2.95. The van der Waals surface area contributed by atoms with Crippen molar-refractivity contribution < 1.29 is 9.18 Å². The first-order chi connectivity index (χ1) is 10.4. The molecule has 0 fully saturated rings. The van der Waals surface area contributed by atoms with Crippen LogP contribution in [0.2, 0.25) is 5.02 Å². The minimum atomic E-state index is -0.513. The van der Waals surface area contributed by atoms with Gasteiger partial charge in [0.15, 0.2) is 0 Å². The van der Waals surface area contributed by atoms with Crippen molar-refractivity contribution in [3.63, 3.8) is 0 Å². The lowest BCUT2D eigenvalue weighted by molar-refractivity contribution is 0.101. The Morgan fingerprint density at radius 1 is 1.50 bits per heavy atom. The number of nitrogens with one attached hydrogen (secondary N) is 1. The Morgan fingerprint density at radius 2 is 2.23 bits per heavy atom. The van der Waals surface area contributed by atoms with Gasteiger partial charge in [-0.2, -0.15) is 0 Å². The zero-order valence-corrected chi connectivity index (χ0v) is 13.2. The monoisotopic (exact) mass is 321 g/mol. The molecule has 1 heterocycles. The molecule has 1 aromatic carbocycles. The number of anilines is 1. The van der Waals surface area contributed by atoms with Crippen LogP contribution in [0.25, 0.3) is 0 Å². The summed E-state index contributed by atoms with van der Waals surface area (Å²) in [5.41, 5.74) is 10.3. The molecule has 116 valence electrons. The standard InChI is InChI=1S/C16H17ClFN3O/c1-8-14-10(4-6-13(14)19)15(21(8)2)16(22)20-9-3-5-12(18)11(17)7-9/h3,5,7,13H,4,6,19H2,1-2H3,(H,20,22). The highest BCUT2D eigenvalue weighted by atomic mass is 35.5. The molecule has 0 saturated heterocycles. The molecule has 3 N–H and O–H groups in total. The van der Waals surface area contributed by atoms with Crippen molar-refractivity contribution in [1.29, 1.82) is 0 Å². The second-order valence-electron chi connectivity index (χ2n) is 5.61. The van der Waals surface area contributed by atoms with Crippen molar-refractivity contribution in [1.82, 2.24) is 4.57 Å². The van der Waals surface area contributed by atoms with Crippen LogP contribution in [-0.2, 0) is 13.5 Å². The molecule has 1 aromatic heterocycles. The molecule has 0 radical (unpaired) electrons. The molecular weight excluding hydrogens is 305 g/mol. The number of rotatable bonds is 2. The maximum absolute atomic E-state index is 13.2. The lowest BCUT2D eigenvalue weighted by Gasteiger charge is -2.10. The summed E-state index contributed by atoms with van der Waals surface area (Å²) in [6.07, 6.45) is 1.65. The van der Waals surface area contributed by atoms with Gasteiger partial charge >= 0.3 is 0 Å². The SMILES string of the molecule is Cc1c2c(c(C(=O)Nc3ccc(F)c(Cl)c3)n1C)CCC2N. The molecule has 6 heteroatoms. The number of amides is 1. The first kappa shape index (κ1) is 15.1. The van der Waals surface area contributed by atoms with Gasteiger partial charge in [0, 0.05) is 24.5 Å². The quantitative estimate of drug-likeness (QED) is 0.891. The van der Waals surface area contributed by atoms with Gasteiger partial charge in [0.05, 0.1) is 5.02 Å². The molecule has 1 aliphatic rings. The number of halogens is 2. The van der Waals surface area contributed by atoms with E-state index in [-0.39, 0.29) is 17.0 Å². The number of hydrogen-bond donors (Lipinski definition) is 2. The number of aromatic nitrogens is 1. The lowest BCUT2D eigenvalue weighted by Crippen LogP contribution is -2.18. The number of fused-ring (bicyclic) bond motifs is 1. The van der Waals surface area contributed by atoms with Crippen molar-refractivity contribution in [3.05, 3.63) is 51.6 Å². The summed E-state index contributed by atoms with van der Waals surface area (Å²) in [6, 6.07) is 4.11. The van der Waals surface area contributed by atoms with Gasteiger partial charge in [-0.05, 0) is 49.1 Å². The van der Waals surface area contributed by atoms with Gasteiger partial charge in [-0.15, -0.1) is 0 Å². The highest BCUT2D eigenvalue weighted by molar-refractivity contribution is 6.31. The summed E-state index contributed by atoms with van der Waals surface area (Å²) >= 11 is 5.74. The average molecular weight is 322 g/mol. The Bertz CT molecular complexity index is 769. The van der Waals surface area contributed by atoms with Crippen LogP contribution in [0.4, 0.5) is 10.1 Å². The third kappa shape index (κ3) is 2.30. The predicted molar refractivity (Wildman–Crippen MR) is 84.8 cm³/mol. The van der Waals surface area contributed by atoms with E-state index in [1.54, 1.807) is 0 Å². The van der Waals surface area contributed by atoms with E-state index in [1.807, 2.05) is 18.5 Å². The zero-order chi connectivity index (χ0) is 16.0. The van der Waals surface area contributed by atoms with Gasteiger partial charge in [-0.1, -0.05) is 11.6 Å². The van der Waals surface area contributed by atoms with E-state index in [4.69, 9.17) is 17.3 Å². The van der Waals surface area contributed by atoms with Crippen LogP contribution < -0.4 is 11.1 Å². The largest absolute Gasteiger partial charge is 0.343 e. The van der Waals surface area contributed by atoms with Crippen LogP contribution in [0, 0.1) is 12.7 Å². The molecule has 1 atom stereocenters. The number of nitrogens with zero attached hydrogens (tertiary/aromatic N) is 1. The van der Waals surface area contributed by atoms with Crippen LogP contribution >= 0.6 is 11.6 Å². The Labute approximate surface area is 133 Å². The summed E-state index contributed by atoms with van der Waals surface area (Å²) < 4.78 is 15.1. The second kappa shape index (κ2) is 5.41. The third-order valence-electron chi connectivity index (χ3n) is 4.31. The Balaban J connectivity index is 1.95. The Hall–Kier alpha value is -1.85. The van der Waals surface area contributed by atoms with Crippen LogP contribution in [0.1, 0.15) is 39.8 Å². The molecule has 3 rings (SSSR count). The van der Waals surface area contributed by atoms with Crippen molar-refractivity contribution in [2.45, 2.75) is 25.8 Å². The summed E-state index contributed by atoms with van der Waals surface area (Å²) in [5.74, 6) is -0.745. The van der Waals surface area contributed by atoms with Crippen LogP contribution in [0.15, 0.2) is 18.2 Å². The zero-order valence-electron chi connectivity index (χ0n) is 12.4. The van der Waals surface area contributed by atoms with Gasteiger partial charge in [-0.3, -0.25) is 4.79 Å². The molecule has 4 nitrogen and oxygen atoms in total. The highest BCUT2D eigenvalue weighted by Gasteiger charge is 2.31. The summed E-state index contributed by atoms with van der Waals surface area (Å²) in [5, 5.41) is 2.75. The maximum atomic E-state index is 13.2. The molecule has 1 unspecified atom stereocenters. The van der Waals surface area contributed by atoms with E-state index in [0.29, 0.717) is 11.4 Å². The van der Waals surface area contributed by atoms with Crippen LogP contribution in [0.3, 0.4) is 0 Å². The molecule has 0 aliphatic heterocycles. The minimum absolute atomic E-state index is 0.0111. The van der Waals surface area contributed by atoms with Crippen molar-refractivity contribution in [2.24, 2.45) is 12.8 Å². The van der Waals surface area contributed by atoms with Gasteiger partial charge in [-0.25, -0.2) is 4.39 Å². The van der Waals surface area contributed by atoms with Crippen LogP contribution in [-0.4, -0.2) is 10.5 Å². The van der Waals surface area contributed by atoms with Gasteiger partial charge in [0.2, 0.25) is 0 Å². The highest BCUT2D eigenvalue weighted by Crippen LogP contribution is 2.36. The van der Waals surface area contributed by atoms with E-state index in [2.05, 4.69) is 5.32 Å². The van der Waals surface area contributed by atoms with Gasteiger partial charge in [0.25, 0.3) is 5.91 Å². The molecule has 22 heavy (non-hydrogen) atoms. The van der Waals surface area contributed by atoms with Crippen LogP contribution in [0.5, 0.6) is 0 Å². The smallest absolute Gasteiger partial charge is 0.272 e. The number of benzene rings is 1. The van der Waals surface area contributed by atoms with Crippen molar-refractivity contribution in [3.8, 4) is 0 Å². The second-order valence-corrected chi connectivity index (χ2v) is 6.02. The summed E-state index contributed by atoms with van der Waals surface area (Å²) in [6.45, 7) is 1.97. The number of carbonyl (C=O) groups excluding carboxylic acids is 1. The van der Waals surface area contributed by atoms with Crippen molar-refractivity contribution in [2.75, 3.05) is 5.32 Å². The van der Waals surface area contributed by atoms with E-state index in [1.165, 1.54) is 18.2 Å². The normalized spacial score (nSPS) is 16.7. The third-order valence-corrected chi connectivity index (χ3v) is 4.60. The van der Waals surface area contributed by atoms with Gasteiger partial charge in [0.1, 0.15) is 11.5 Å². The minimum Gasteiger partial charge on any atom is -0.343 e. The molecular formula is C16H17ClFN3O. The number of hydrogen-bond acceptors (Lipinski definition) is 2. The molecule has 1 aliphatic carbocycles. The van der Waals surface area contributed by atoms with Gasteiger partial charge < -0.3 is 15.6 Å². The summed E-state index contributed by atoms with van der Waals surface area (Å²) in [4.78, 5) is 12.6. The Morgan fingerprint density at radius 3 is 2.91 bits per heavy atom. The van der Waals surface area contributed by atoms with E-state index < -0.39 is 5.82 Å². The fraction of sp³-hybridized carbons (Fsp3) is 0.312. The van der Waals surface area contributed by atoms with E-state index in [0.717, 1.165) is 29.7 Å². The van der Waals surface area contributed by atoms with Crippen molar-refractivity contribution >= 4 is 23.2 Å². The maximum Gasteiger partial charge on any atom is 0.272 e.